The minimum absolute atomic E-state index is 0.0559. The van der Waals surface area contributed by atoms with Crippen molar-refractivity contribution in [2.75, 3.05) is 0 Å². The molecule has 0 radical (unpaired) electrons. The number of thiophene rings is 1. The van der Waals surface area contributed by atoms with Crippen molar-refractivity contribution < 1.29 is 15.0 Å². The first kappa shape index (κ1) is 17.5. The summed E-state index contributed by atoms with van der Waals surface area (Å²) in [5, 5.41) is 26.8. The first-order chi connectivity index (χ1) is 13.1. The average Bonchev–Trinajstić information content (AvgIpc) is 3.03. The molecule has 0 fully saturated rings. The fraction of sp³-hybridized carbons (Fsp3) is 0. The highest BCUT2D eigenvalue weighted by atomic mass is 79.9. The number of nitrogens with one attached hydrogen (secondary N) is 1. The summed E-state index contributed by atoms with van der Waals surface area (Å²) >= 11 is 4.67. The molecule has 0 aliphatic carbocycles. The summed E-state index contributed by atoms with van der Waals surface area (Å²) in [6.45, 7) is 0. The molecular weight excluding hydrogens is 428 g/mol. The van der Waals surface area contributed by atoms with Gasteiger partial charge in [0.25, 0.3) is 5.91 Å². The van der Waals surface area contributed by atoms with Crippen LogP contribution in [0.5, 0.6) is 11.5 Å². The van der Waals surface area contributed by atoms with Crippen molar-refractivity contribution in [1.82, 2.24) is 5.43 Å². The number of carbonyl (C=O) groups excluding carboxylic acids is 1. The van der Waals surface area contributed by atoms with Gasteiger partial charge < -0.3 is 10.2 Å². The van der Waals surface area contributed by atoms with Gasteiger partial charge in [-0.05, 0) is 23.6 Å². The molecule has 134 valence electrons. The predicted molar refractivity (Wildman–Crippen MR) is 112 cm³/mol. The Bertz CT molecular complexity index is 1220. The van der Waals surface area contributed by atoms with Crippen LogP contribution < -0.4 is 5.43 Å². The summed E-state index contributed by atoms with van der Waals surface area (Å²) in [7, 11) is 0. The Kier molecular flexibility index (Phi) is 4.55. The van der Waals surface area contributed by atoms with Gasteiger partial charge in [0.1, 0.15) is 16.4 Å². The maximum atomic E-state index is 12.3. The maximum absolute atomic E-state index is 12.3. The number of hydrogen-bond donors (Lipinski definition) is 3. The van der Waals surface area contributed by atoms with Crippen molar-refractivity contribution in [2.24, 2.45) is 5.10 Å². The third-order valence-corrected chi connectivity index (χ3v) is 5.96. The second kappa shape index (κ2) is 7.02. The zero-order valence-corrected chi connectivity index (χ0v) is 16.2. The molecule has 0 saturated heterocycles. The minimum Gasteiger partial charge on any atom is -0.507 e. The summed E-state index contributed by atoms with van der Waals surface area (Å²) in [4.78, 5) is 12.5. The quantitative estimate of drug-likeness (QED) is 0.310. The molecule has 3 aromatic carbocycles. The van der Waals surface area contributed by atoms with Crippen LogP contribution in [0.4, 0.5) is 0 Å². The summed E-state index contributed by atoms with van der Waals surface area (Å²) < 4.78 is 1.63. The molecule has 0 spiro atoms. The second-order valence-corrected chi connectivity index (χ2v) is 7.72. The number of phenolic OH excluding ortho intramolecular Hbond substituents is 1. The van der Waals surface area contributed by atoms with Gasteiger partial charge in [-0.15, -0.1) is 11.3 Å². The molecule has 5 nitrogen and oxygen atoms in total. The highest BCUT2D eigenvalue weighted by molar-refractivity contribution is 9.10. The molecule has 0 unspecified atom stereocenters. The lowest BCUT2D eigenvalue weighted by atomic mass is 10.1. The number of carbonyl (C=O) groups is 1. The van der Waals surface area contributed by atoms with Crippen molar-refractivity contribution >= 4 is 60.2 Å². The van der Waals surface area contributed by atoms with E-state index in [0.29, 0.717) is 16.3 Å². The van der Waals surface area contributed by atoms with E-state index < -0.39 is 5.91 Å². The molecular formula is C20H13BrN2O3S. The molecule has 27 heavy (non-hydrogen) atoms. The van der Waals surface area contributed by atoms with Crippen LogP contribution >= 0.6 is 27.3 Å². The number of aromatic hydroxyl groups is 2. The lowest BCUT2D eigenvalue weighted by molar-refractivity contribution is 0.0957. The average molecular weight is 441 g/mol. The highest BCUT2D eigenvalue weighted by Crippen LogP contribution is 2.36. The second-order valence-electron chi connectivity index (χ2n) is 5.82. The van der Waals surface area contributed by atoms with Crippen molar-refractivity contribution in [1.29, 1.82) is 0 Å². The van der Waals surface area contributed by atoms with Crippen LogP contribution in [-0.2, 0) is 0 Å². The van der Waals surface area contributed by atoms with E-state index in [1.54, 1.807) is 24.3 Å². The largest absolute Gasteiger partial charge is 0.507 e. The number of halogens is 1. The van der Waals surface area contributed by atoms with E-state index >= 15 is 0 Å². The van der Waals surface area contributed by atoms with E-state index in [1.807, 2.05) is 30.3 Å². The van der Waals surface area contributed by atoms with Gasteiger partial charge in [-0.3, -0.25) is 4.79 Å². The van der Waals surface area contributed by atoms with E-state index in [1.165, 1.54) is 17.6 Å². The van der Waals surface area contributed by atoms with Gasteiger partial charge in [-0.25, -0.2) is 5.43 Å². The Labute approximate surface area is 166 Å². The van der Waals surface area contributed by atoms with Crippen LogP contribution in [0.2, 0.25) is 0 Å². The molecule has 7 heteroatoms. The number of hydrogen-bond acceptors (Lipinski definition) is 5. The van der Waals surface area contributed by atoms with Crippen molar-refractivity contribution in [3.8, 4) is 11.5 Å². The minimum atomic E-state index is -0.510. The van der Waals surface area contributed by atoms with Crippen LogP contribution in [0.25, 0.3) is 20.9 Å². The Morgan fingerprint density at radius 1 is 1.00 bits per heavy atom. The maximum Gasteiger partial charge on any atom is 0.285 e. The molecule has 0 atom stereocenters. The summed E-state index contributed by atoms with van der Waals surface area (Å²) in [6, 6.07) is 16.4. The molecule has 3 N–H and O–H groups in total. The number of fused-ring (bicyclic) bond motifs is 2. The first-order valence-electron chi connectivity index (χ1n) is 8.00. The zero-order chi connectivity index (χ0) is 19.0. The molecule has 1 heterocycles. The fourth-order valence-electron chi connectivity index (χ4n) is 2.83. The van der Waals surface area contributed by atoms with E-state index in [4.69, 9.17) is 0 Å². The van der Waals surface area contributed by atoms with Crippen LogP contribution in [0.1, 0.15) is 15.2 Å². The molecule has 0 aliphatic rings. The molecule has 4 aromatic rings. The van der Waals surface area contributed by atoms with Crippen molar-refractivity contribution in [3.05, 3.63) is 69.5 Å². The summed E-state index contributed by atoms with van der Waals surface area (Å²) in [5.74, 6) is -0.486. The smallest absolute Gasteiger partial charge is 0.285 e. The molecule has 1 aromatic heterocycles. The third-order valence-electron chi connectivity index (χ3n) is 4.14. The van der Waals surface area contributed by atoms with Gasteiger partial charge in [0.05, 0.1) is 6.21 Å². The SMILES string of the molecule is O=C(N/N=C\c1cc(Br)c2ccccc2c1O)c1sc2ccccc2c1O. The summed E-state index contributed by atoms with van der Waals surface area (Å²) in [6.07, 6.45) is 1.37. The van der Waals surface area contributed by atoms with Gasteiger partial charge in [0.2, 0.25) is 0 Å². The molecule has 0 bridgehead atoms. The van der Waals surface area contributed by atoms with E-state index in [-0.39, 0.29) is 16.4 Å². The van der Waals surface area contributed by atoms with Crippen LogP contribution in [0.3, 0.4) is 0 Å². The normalized spacial score (nSPS) is 11.4. The van der Waals surface area contributed by atoms with Crippen LogP contribution in [0.15, 0.2) is 64.2 Å². The highest BCUT2D eigenvalue weighted by Gasteiger charge is 2.17. The zero-order valence-electron chi connectivity index (χ0n) is 13.8. The Balaban J connectivity index is 1.60. The monoisotopic (exact) mass is 440 g/mol. The van der Waals surface area contributed by atoms with Gasteiger partial charge in [0, 0.05) is 25.5 Å². The Morgan fingerprint density at radius 3 is 2.41 bits per heavy atom. The number of nitrogens with zero attached hydrogens (tertiary/aromatic N) is 1. The first-order valence-corrected chi connectivity index (χ1v) is 9.61. The molecule has 0 saturated carbocycles. The van der Waals surface area contributed by atoms with Crippen molar-refractivity contribution in [2.45, 2.75) is 0 Å². The number of phenols is 1. The Morgan fingerprint density at radius 2 is 1.67 bits per heavy atom. The number of hydrazone groups is 1. The fourth-order valence-corrected chi connectivity index (χ4v) is 4.41. The molecule has 0 aliphatic heterocycles. The molecule has 4 rings (SSSR count). The van der Waals surface area contributed by atoms with Gasteiger partial charge in [0.15, 0.2) is 0 Å². The van der Waals surface area contributed by atoms with Gasteiger partial charge >= 0.3 is 0 Å². The van der Waals surface area contributed by atoms with E-state index in [2.05, 4.69) is 26.5 Å². The number of amides is 1. The standard InChI is InChI=1S/C20H13BrN2O3S/c21-15-9-11(17(24)13-6-2-1-5-12(13)15)10-22-23-20(26)19-18(25)14-7-3-4-8-16(14)27-19/h1-10,24-25H,(H,23,26)/b22-10-. The third kappa shape index (κ3) is 3.15. The Hall–Kier alpha value is -2.90. The van der Waals surface area contributed by atoms with Crippen LogP contribution in [0, 0.1) is 0 Å². The lowest BCUT2D eigenvalue weighted by Crippen LogP contribution is -2.16. The van der Waals surface area contributed by atoms with Gasteiger partial charge in [-0.1, -0.05) is 52.3 Å². The number of rotatable bonds is 3. The van der Waals surface area contributed by atoms with Crippen molar-refractivity contribution in [3.63, 3.8) is 0 Å². The van der Waals surface area contributed by atoms with E-state index in [0.717, 1.165) is 14.6 Å². The topological polar surface area (TPSA) is 81.9 Å². The van der Waals surface area contributed by atoms with E-state index in [9.17, 15) is 15.0 Å². The van der Waals surface area contributed by atoms with Crippen LogP contribution in [-0.4, -0.2) is 22.3 Å². The number of benzene rings is 3. The predicted octanol–water partition coefficient (Wildman–Crippen LogP) is 4.99. The lowest BCUT2D eigenvalue weighted by Gasteiger charge is -2.06. The molecule has 1 amide bonds. The summed E-state index contributed by atoms with van der Waals surface area (Å²) in [5.41, 5.74) is 2.86. The van der Waals surface area contributed by atoms with Gasteiger partial charge in [-0.2, -0.15) is 5.10 Å².